The van der Waals surface area contributed by atoms with Gasteiger partial charge in [-0.1, -0.05) is 18.2 Å². The van der Waals surface area contributed by atoms with Crippen LogP contribution in [0.15, 0.2) is 54.7 Å². The first-order valence-corrected chi connectivity index (χ1v) is 6.51. The van der Waals surface area contributed by atoms with Crippen LogP contribution in [0.2, 0.25) is 0 Å². The van der Waals surface area contributed by atoms with E-state index in [1.54, 1.807) is 10.8 Å². The number of para-hydroxylation sites is 1. The zero-order valence-electron chi connectivity index (χ0n) is 11.1. The molecule has 1 aromatic heterocycles. The van der Waals surface area contributed by atoms with Crippen LogP contribution in [-0.2, 0) is 6.54 Å². The molecule has 0 aliphatic heterocycles. The summed E-state index contributed by atoms with van der Waals surface area (Å²) in [5, 5.41) is 0.819. The molecule has 104 valence electrons. The molecule has 0 fully saturated rings. The highest BCUT2D eigenvalue weighted by atomic mass is 19.1. The third-order valence-corrected chi connectivity index (χ3v) is 3.43. The molecule has 0 N–H and O–H groups in total. The van der Waals surface area contributed by atoms with E-state index in [0.717, 1.165) is 17.2 Å². The molecule has 1 heterocycles. The Kier molecular flexibility index (Phi) is 3.36. The fourth-order valence-corrected chi connectivity index (χ4v) is 2.38. The normalized spacial score (nSPS) is 10.7. The third kappa shape index (κ3) is 2.48. The van der Waals surface area contributed by atoms with Crippen LogP contribution in [0.3, 0.4) is 0 Å². The predicted octanol–water partition coefficient (Wildman–Crippen LogP) is 3.48. The number of carbonyl (C=O) groups excluding carboxylic acids is 2. The van der Waals surface area contributed by atoms with Crippen LogP contribution >= 0.6 is 0 Å². The number of carbonyl (C=O) groups is 2. The maximum Gasteiger partial charge on any atom is 0.182 e. The summed E-state index contributed by atoms with van der Waals surface area (Å²) in [6.45, 7) is 0.111. The Morgan fingerprint density at radius 1 is 1.10 bits per heavy atom. The van der Waals surface area contributed by atoms with Crippen LogP contribution in [0.4, 0.5) is 4.39 Å². The monoisotopic (exact) mass is 281 g/mol. The van der Waals surface area contributed by atoms with Gasteiger partial charge in [0.15, 0.2) is 12.1 Å². The quantitative estimate of drug-likeness (QED) is 0.542. The number of hydrogen-bond donors (Lipinski definition) is 0. The highest BCUT2D eigenvalue weighted by Gasteiger charge is 2.11. The van der Waals surface area contributed by atoms with Crippen molar-refractivity contribution >= 4 is 23.0 Å². The van der Waals surface area contributed by atoms with E-state index in [1.807, 2.05) is 24.3 Å². The second kappa shape index (κ2) is 5.32. The van der Waals surface area contributed by atoms with Gasteiger partial charge < -0.3 is 4.57 Å². The summed E-state index contributed by atoms with van der Waals surface area (Å²) in [6.07, 6.45) is 2.44. The van der Waals surface area contributed by atoms with Gasteiger partial charge in [0, 0.05) is 28.2 Å². The van der Waals surface area contributed by atoms with E-state index in [2.05, 4.69) is 0 Å². The molecule has 21 heavy (non-hydrogen) atoms. The van der Waals surface area contributed by atoms with Gasteiger partial charge in [0.1, 0.15) is 5.82 Å². The van der Waals surface area contributed by atoms with Crippen molar-refractivity contribution in [3.63, 3.8) is 0 Å². The van der Waals surface area contributed by atoms with Gasteiger partial charge >= 0.3 is 0 Å². The van der Waals surface area contributed by atoms with Gasteiger partial charge in [0.05, 0.1) is 6.54 Å². The Hall–Kier alpha value is -2.75. The first-order valence-electron chi connectivity index (χ1n) is 6.51. The summed E-state index contributed by atoms with van der Waals surface area (Å²) in [6, 6.07) is 12.9. The van der Waals surface area contributed by atoms with E-state index >= 15 is 0 Å². The largest absolute Gasteiger partial charge is 0.339 e. The van der Waals surface area contributed by atoms with E-state index in [0.29, 0.717) is 11.1 Å². The average molecular weight is 281 g/mol. The van der Waals surface area contributed by atoms with Crippen molar-refractivity contribution in [1.29, 1.82) is 0 Å². The number of aromatic nitrogens is 1. The molecule has 0 amide bonds. The highest BCUT2D eigenvalue weighted by molar-refractivity contribution is 6.00. The minimum Gasteiger partial charge on any atom is -0.339 e. The average Bonchev–Trinajstić information content (AvgIpc) is 2.86. The van der Waals surface area contributed by atoms with E-state index in [9.17, 15) is 14.0 Å². The van der Waals surface area contributed by atoms with E-state index in [-0.39, 0.29) is 18.1 Å². The maximum absolute atomic E-state index is 12.9. The lowest BCUT2D eigenvalue weighted by Crippen LogP contribution is -2.09. The fourth-order valence-electron chi connectivity index (χ4n) is 2.38. The molecule has 2 aromatic carbocycles. The maximum atomic E-state index is 12.9. The molecule has 0 spiro atoms. The molecule has 0 atom stereocenters. The van der Waals surface area contributed by atoms with Gasteiger partial charge in [-0.2, -0.15) is 0 Å². The molecule has 0 aliphatic carbocycles. The van der Waals surface area contributed by atoms with Gasteiger partial charge in [-0.15, -0.1) is 0 Å². The van der Waals surface area contributed by atoms with Crippen molar-refractivity contribution in [2.75, 3.05) is 0 Å². The first kappa shape index (κ1) is 13.2. The Labute approximate surface area is 120 Å². The SMILES string of the molecule is O=Cc1cn(CC(=O)c2ccc(F)cc2)c2ccccc12. The summed E-state index contributed by atoms with van der Waals surface area (Å²) in [5.74, 6) is -0.505. The molecule has 0 bridgehead atoms. The van der Waals surface area contributed by atoms with Crippen LogP contribution in [0.25, 0.3) is 10.9 Å². The minimum absolute atomic E-state index is 0.111. The number of ketones is 1. The zero-order valence-corrected chi connectivity index (χ0v) is 11.1. The molecule has 3 aromatic rings. The van der Waals surface area contributed by atoms with Crippen molar-refractivity contribution in [3.05, 3.63) is 71.7 Å². The number of hydrogen-bond acceptors (Lipinski definition) is 2. The van der Waals surface area contributed by atoms with Crippen LogP contribution in [0, 0.1) is 5.82 Å². The number of halogens is 1. The van der Waals surface area contributed by atoms with Gasteiger partial charge in [0.2, 0.25) is 0 Å². The standard InChI is InChI=1S/C17H12FNO2/c18-14-7-5-12(6-8-14)17(21)10-19-9-13(11-20)15-3-1-2-4-16(15)19/h1-9,11H,10H2. The number of benzene rings is 2. The van der Waals surface area contributed by atoms with Crippen LogP contribution in [0.5, 0.6) is 0 Å². The number of fused-ring (bicyclic) bond motifs is 1. The molecule has 4 heteroatoms. The number of aldehydes is 1. The molecule has 0 radical (unpaired) electrons. The first-order chi connectivity index (χ1) is 10.2. The summed E-state index contributed by atoms with van der Waals surface area (Å²) < 4.78 is 14.6. The zero-order chi connectivity index (χ0) is 14.8. The van der Waals surface area contributed by atoms with E-state index in [1.165, 1.54) is 24.3 Å². The van der Waals surface area contributed by atoms with Crippen molar-refractivity contribution in [1.82, 2.24) is 4.57 Å². The Bertz CT molecular complexity index is 818. The molecular weight excluding hydrogens is 269 g/mol. The number of nitrogens with zero attached hydrogens (tertiary/aromatic N) is 1. The summed E-state index contributed by atoms with van der Waals surface area (Å²) in [5.41, 5.74) is 1.83. The van der Waals surface area contributed by atoms with Gasteiger partial charge in [-0.25, -0.2) is 4.39 Å². The molecule has 3 rings (SSSR count). The Balaban J connectivity index is 1.96. The fraction of sp³-hybridized carbons (Fsp3) is 0.0588. The smallest absolute Gasteiger partial charge is 0.182 e. The highest BCUT2D eigenvalue weighted by Crippen LogP contribution is 2.20. The molecule has 0 saturated carbocycles. The van der Waals surface area contributed by atoms with Gasteiger partial charge in [0.25, 0.3) is 0 Å². The lowest BCUT2D eigenvalue weighted by atomic mass is 10.1. The van der Waals surface area contributed by atoms with Crippen molar-refractivity contribution in [2.24, 2.45) is 0 Å². The van der Waals surface area contributed by atoms with Crippen molar-refractivity contribution in [3.8, 4) is 0 Å². The number of rotatable bonds is 4. The second-order valence-electron chi connectivity index (χ2n) is 4.78. The lowest BCUT2D eigenvalue weighted by Gasteiger charge is -2.05. The molecular formula is C17H12FNO2. The van der Waals surface area contributed by atoms with Gasteiger partial charge in [-0.3, -0.25) is 9.59 Å². The molecule has 0 unspecified atom stereocenters. The van der Waals surface area contributed by atoms with E-state index in [4.69, 9.17) is 0 Å². The van der Waals surface area contributed by atoms with Crippen LogP contribution in [-0.4, -0.2) is 16.6 Å². The topological polar surface area (TPSA) is 39.1 Å². The van der Waals surface area contributed by atoms with Crippen LogP contribution < -0.4 is 0 Å². The van der Waals surface area contributed by atoms with Crippen molar-refractivity contribution in [2.45, 2.75) is 6.54 Å². The molecule has 0 aliphatic rings. The predicted molar refractivity (Wildman–Crippen MR) is 78.1 cm³/mol. The minimum atomic E-state index is -0.374. The third-order valence-electron chi connectivity index (χ3n) is 3.43. The molecule has 3 nitrogen and oxygen atoms in total. The lowest BCUT2D eigenvalue weighted by molar-refractivity contribution is 0.0972. The summed E-state index contributed by atoms with van der Waals surface area (Å²) in [7, 11) is 0. The Morgan fingerprint density at radius 3 is 2.52 bits per heavy atom. The summed E-state index contributed by atoms with van der Waals surface area (Å²) in [4.78, 5) is 23.3. The Morgan fingerprint density at radius 2 is 1.81 bits per heavy atom. The summed E-state index contributed by atoms with van der Waals surface area (Å²) >= 11 is 0. The van der Waals surface area contributed by atoms with Crippen molar-refractivity contribution < 1.29 is 14.0 Å². The van der Waals surface area contributed by atoms with E-state index < -0.39 is 0 Å². The second-order valence-corrected chi connectivity index (χ2v) is 4.78. The van der Waals surface area contributed by atoms with Crippen LogP contribution in [0.1, 0.15) is 20.7 Å². The number of Topliss-reactive ketones (excluding diaryl/α,β-unsaturated/α-hetero) is 1. The molecule has 0 saturated heterocycles. The van der Waals surface area contributed by atoms with Gasteiger partial charge in [-0.05, 0) is 30.3 Å².